The van der Waals surface area contributed by atoms with Gasteiger partial charge in [0, 0.05) is 6.42 Å². The predicted molar refractivity (Wildman–Crippen MR) is 332 cm³/mol. The average molecular weight is 1030 g/mol. The fourth-order valence-electron chi connectivity index (χ4n) is 12.0. The van der Waals surface area contributed by atoms with Crippen molar-refractivity contribution in [1.29, 1.82) is 0 Å². The van der Waals surface area contributed by atoms with Crippen LogP contribution in [0.5, 0.6) is 0 Å². The molecule has 0 amide bonds. The van der Waals surface area contributed by atoms with Gasteiger partial charge in [-0.2, -0.15) is 0 Å². The van der Waals surface area contributed by atoms with E-state index in [0.29, 0.717) is 6.42 Å². The van der Waals surface area contributed by atoms with Crippen molar-refractivity contribution in [3.05, 3.63) is 0 Å². The van der Waals surface area contributed by atoms with Gasteiger partial charge in [0.05, 0.1) is 0 Å². The normalized spacial score (nSPS) is 11.7. The van der Waals surface area contributed by atoms with Crippen molar-refractivity contribution in [2.45, 2.75) is 450 Å². The van der Waals surface area contributed by atoms with Crippen LogP contribution in [0, 0.1) is 0 Å². The van der Waals surface area contributed by atoms with Gasteiger partial charge in [-0.1, -0.05) is 437 Å². The molecule has 0 rings (SSSR count). The number of rotatable bonds is 69. The Hall–Kier alpha value is -0.530. The number of hydrogen-bond acceptors (Lipinski definition) is 1. The third-order valence-electron chi connectivity index (χ3n) is 17.2. The maximum Gasteiger partial charge on any atom is 0.303 e. The molecule has 73 heavy (non-hydrogen) atoms. The lowest BCUT2D eigenvalue weighted by atomic mass is 10.0. The van der Waals surface area contributed by atoms with Crippen molar-refractivity contribution in [2.75, 3.05) is 0 Å². The minimum absolute atomic E-state index is 0.347. The Morgan fingerprint density at radius 1 is 0.164 bits per heavy atom. The number of hydrogen-bond donors (Lipinski definition) is 1. The van der Waals surface area contributed by atoms with Crippen LogP contribution in [0.1, 0.15) is 450 Å². The SMILES string of the molecule is CCCCCCCCCCCCCCCCCCCCCCCCCCCCCCCCCCCCCCCCCCCCCCCCCCCCCCCCCCCCCCCCCCCCCCC(=O)O. The molecule has 0 aliphatic carbocycles. The molecule has 0 aromatic heterocycles. The van der Waals surface area contributed by atoms with Crippen molar-refractivity contribution in [3.8, 4) is 0 Å². The van der Waals surface area contributed by atoms with Crippen LogP contribution in [0.3, 0.4) is 0 Å². The molecule has 0 aromatic rings. The second kappa shape index (κ2) is 69.5. The molecule has 0 radical (unpaired) electrons. The summed E-state index contributed by atoms with van der Waals surface area (Å²) in [6.07, 6.45) is 99.3. The third-order valence-corrected chi connectivity index (χ3v) is 17.2. The first kappa shape index (κ1) is 72.5. The van der Waals surface area contributed by atoms with Gasteiger partial charge >= 0.3 is 5.97 Å². The van der Waals surface area contributed by atoms with Gasteiger partial charge in [-0.05, 0) is 6.42 Å². The summed E-state index contributed by atoms with van der Waals surface area (Å²) in [5.74, 6) is -0.645. The zero-order valence-corrected chi connectivity index (χ0v) is 51.1. The molecule has 2 nitrogen and oxygen atoms in total. The highest BCUT2D eigenvalue weighted by Gasteiger charge is 2.01. The van der Waals surface area contributed by atoms with E-state index in [-0.39, 0.29) is 0 Å². The summed E-state index contributed by atoms with van der Waals surface area (Å²) >= 11 is 0. The molecular weight excluding hydrogens is 885 g/mol. The Bertz CT molecular complexity index is 944. The minimum Gasteiger partial charge on any atom is -0.481 e. The van der Waals surface area contributed by atoms with Gasteiger partial charge < -0.3 is 5.11 Å². The molecule has 0 aliphatic heterocycles. The third kappa shape index (κ3) is 71.5. The monoisotopic (exact) mass is 1030 g/mol. The Balaban J connectivity index is 3.08. The summed E-state index contributed by atoms with van der Waals surface area (Å²) in [7, 11) is 0. The Labute approximate surface area is 463 Å². The van der Waals surface area contributed by atoms with Crippen molar-refractivity contribution in [2.24, 2.45) is 0 Å². The molecule has 0 unspecified atom stereocenters. The Morgan fingerprint density at radius 3 is 0.329 bits per heavy atom. The number of aliphatic carboxylic acids is 1. The van der Waals surface area contributed by atoms with Gasteiger partial charge in [0.1, 0.15) is 0 Å². The van der Waals surface area contributed by atoms with Crippen molar-refractivity contribution >= 4 is 5.97 Å². The highest BCUT2D eigenvalue weighted by molar-refractivity contribution is 5.66. The molecule has 0 atom stereocenters. The molecule has 0 fully saturated rings. The van der Waals surface area contributed by atoms with Crippen LogP contribution in [0.15, 0.2) is 0 Å². The second-order valence-electron chi connectivity index (χ2n) is 24.8. The zero-order chi connectivity index (χ0) is 52.4. The fraction of sp³-hybridized carbons (Fsp3) is 0.986. The smallest absolute Gasteiger partial charge is 0.303 e. The van der Waals surface area contributed by atoms with Crippen LogP contribution in [-0.4, -0.2) is 11.1 Å². The van der Waals surface area contributed by atoms with Crippen LogP contribution in [0.4, 0.5) is 0 Å². The molecular formula is C71H142O2. The van der Waals surface area contributed by atoms with Gasteiger partial charge in [-0.3, -0.25) is 4.79 Å². The average Bonchev–Trinajstić information content (AvgIpc) is 3.39. The molecule has 438 valence electrons. The molecule has 0 heterocycles. The van der Waals surface area contributed by atoms with Crippen LogP contribution in [0.2, 0.25) is 0 Å². The van der Waals surface area contributed by atoms with Gasteiger partial charge in [0.2, 0.25) is 0 Å². The summed E-state index contributed by atoms with van der Waals surface area (Å²) in [6, 6.07) is 0. The summed E-state index contributed by atoms with van der Waals surface area (Å²) in [6.45, 7) is 2.31. The number of carbonyl (C=O) groups is 1. The summed E-state index contributed by atoms with van der Waals surface area (Å²) in [5.41, 5.74) is 0. The predicted octanol–water partition coefficient (Wildman–Crippen LogP) is 27.0. The lowest BCUT2D eigenvalue weighted by Gasteiger charge is -2.05. The largest absolute Gasteiger partial charge is 0.481 e. The number of carboxylic acid groups (broad SMARTS) is 1. The molecule has 0 bridgehead atoms. The van der Waals surface area contributed by atoms with Gasteiger partial charge in [0.15, 0.2) is 0 Å². The summed E-state index contributed by atoms with van der Waals surface area (Å²) in [5, 5.41) is 8.69. The lowest BCUT2D eigenvalue weighted by molar-refractivity contribution is -0.137. The summed E-state index contributed by atoms with van der Waals surface area (Å²) < 4.78 is 0. The van der Waals surface area contributed by atoms with Crippen LogP contribution < -0.4 is 0 Å². The van der Waals surface area contributed by atoms with Crippen molar-refractivity contribution in [1.82, 2.24) is 0 Å². The Kier molecular flexibility index (Phi) is 69.0. The maximum absolute atomic E-state index is 10.5. The fourth-order valence-corrected chi connectivity index (χ4v) is 12.0. The Morgan fingerprint density at radius 2 is 0.247 bits per heavy atom. The topological polar surface area (TPSA) is 37.3 Å². The van der Waals surface area contributed by atoms with Gasteiger partial charge in [-0.15, -0.1) is 0 Å². The van der Waals surface area contributed by atoms with E-state index in [4.69, 9.17) is 5.11 Å². The maximum atomic E-state index is 10.5. The van der Waals surface area contributed by atoms with Crippen molar-refractivity contribution in [3.63, 3.8) is 0 Å². The lowest BCUT2D eigenvalue weighted by Crippen LogP contribution is -1.93. The molecule has 0 aromatic carbocycles. The molecule has 0 saturated heterocycles. The van der Waals surface area contributed by atoms with E-state index in [9.17, 15) is 4.79 Å². The summed E-state index contributed by atoms with van der Waals surface area (Å²) in [4.78, 5) is 10.5. The first-order valence-electron chi connectivity index (χ1n) is 35.5. The molecule has 0 saturated carbocycles. The standard InChI is InChI=1S/C71H142O2/c1-2-3-4-5-6-7-8-9-10-11-12-13-14-15-16-17-18-19-20-21-22-23-24-25-26-27-28-29-30-31-32-33-34-35-36-37-38-39-40-41-42-43-44-45-46-47-48-49-50-51-52-53-54-55-56-57-58-59-60-61-62-63-64-65-66-67-68-69-70-71(72)73/h2-70H2,1H3,(H,72,73). The van der Waals surface area contributed by atoms with E-state index >= 15 is 0 Å². The zero-order valence-electron chi connectivity index (χ0n) is 51.1. The van der Waals surface area contributed by atoms with Crippen LogP contribution in [-0.2, 0) is 4.79 Å². The minimum atomic E-state index is -0.645. The quantitative estimate of drug-likeness (QED) is 0.0617. The van der Waals surface area contributed by atoms with E-state index in [2.05, 4.69) is 6.92 Å². The molecule has 0 spiro atoms. The van der Waals surface area contributed by atoms with E-state index in [0.717, 1.165) is 12.8 Å². The first-order chi connectivity index (χ1) is 36.3. The first-order valence-corrected chi connectivity index (χ1v) is 35.5. The highest BCUT2D eigenvalue weighted by atomic mass is 16.4. The van der Waals surface area contributed by atoms with Crippen molar-refractivity contribution < 1.29 is 9.90 Å². The highest BCUT2D eigenvalue weighted by Crippen LogP contribution is 2.21. The number of carboxylic acids is 1. The van der Waals surface area contributed by atoms with E-state index in [1.165, 1.54) is 424 Å². The van der Waals surface area contributed by atoms with Gasteiger partial charge in [-0.25, -0.2) is 0 Å². The van der Waals surface area contributed by atoms with Gasteiger partial charge in [0.25, 0.3) is 0 Å². The van der Waals surface area contributed by atoms with E-state index in [1.54, 1.807) is 0 Å². The molecule has 1 N–H and O–H groups in total. The van der Waals surface area contributed by atoms with E-state index < -0.39 is 5.97 Å². The van der Waals surface area contributed by atoms with Crippen LogP contribution in [0.25, 0.3) is 0 Å². The second-order valence-corrected chi connectivity index (χ2v) is 24.8. The van der Waals surface area contributed by atoms with E-state index in [1.807, 2.05) is 0 Å². The van der Waals surface area contributed by atoms with Crippen LogP contribution >= 0.6 is 0 Å². The molecule has 2 heteroatoms. The molecule has 0 aliphatic rings. The number of unbranched alkanes of at least 4 members (excludes halogenated alkanes) is 67.